The molecular weight excluding hydrogens is 348 g/mol. The quantitative estimate of drug-likeness (QED) is 0.546. The molecule has 2 N–H and O–H groups in total. The molecule has 4 aromatic rings. The van der Waals surface area contributed by atoms with E-state index in [1.807, 2.05) is 50.4 Å². The maximum Gasteiger partial charge on any atom is 0.274 e. The first-order valence-electron chi connectivity index (χ1n) is 8.01. The number of carbonyl (C=O) groups excluding carboxylic acids is 1. The fraction of sp³-hybridized carbons (Fsp3) is 0.111. The Bertz CT molecular complexity index is 1170. The van der Waals surface area contributed by atoms with Crippen LogP contribution in [-0.4, -0.2) is 30.2 Å². The Labute approximate surface area is 154 Å². The molecule has 3 aromatic heterocycles. The van der Waals surface area contributed by atoms with Crippen molar-refractivity contribution in [3.05, 3.63) is 65.0 Å². The number of H-pyrrole nitrogens is 1. The number of amides is 1. The fourth-order valence-electron chi connectivity index (χ4n) is 2.94. The lowest BCUT2D eigenvalue weighted by atomic mass is 10.2. The second-order valence-corrected chi connectivity index (χ2v) is 6.30. The Morgan fingerprint density at radius 1 is 1.27 bits per heavy atom. The normalized spacial score (nSPS) is 11.0. The fourth-order valence-corrected chi connectivity index (χ4v) is 3.20. The summed E-state index contributed by atoms with van der Waals surface area (Å²) < 4.78 is 3.87. The van der Waals surface area contributed by atoms with Gasteiger partial charge in [0.15, 0.2) is 10.4 Å². The van der Waals surface area contributed by atoms with Crippen molar-refractivity contribution in [2.24, 2.45) is 7.05 Å². The maximum atomic E-state index is 12.8. The summed E-state index contributed by atoms with van der Waals surface area (Å²) in [7, 11) is 1.84. The first-order valence-corrected chi connectivity index (χ1v) is 8.42. The van der Waals surface area contributed by atoms with Gasteiger partial charge in [0, 0.05) is 24.3 Å². The number of hydrogen-bond donors (Lipinski definition) is 2. The number of benzene rings is 1. The van der Waals surface area contributed by atoms with E-state index in [4.69, 9.17) is 12.2 Å². The average Bonchev–Trinajstić information content (AvgIpc) is 3.16. The third kappa shape index (κ3) is 2.70. The second-order valence-electron chi connectivity index (χ2n) is 5.91. The Morgan fingerprint density at radius 2 is 2.04 bits per heavy atom. The van der Waals surface area contributed by atoms with Gasteiger partial charge in [0.1, 0.15) is 5.69 Å². The van der Waals surface area contributed by atoms with Crippen LogP contribution in [0.4, 0.5) is 5.69 Å². The van der Waals surface area contributed by atoms with Crippen LogP contribution in [0.25, 0.3) is 16.7 Å². The molecule has 0 saturated heterocycles. The van der Waals surface area contributed by atoms with Gasteiger partial charge in [-0.1, -0.05) is 18.2 Å². The number of rotatable bonds is 3. The number of para-hydroxylation sites is 1. The minimum absolute atomic E-state index is 0.274. The summed E-state index contributed by atoms with van der Waals surface area (Å²) in [5.41, 5.74) is 3.48. The van der Waals surface area contributed by atoms with Gasteiger partial charge in [-0.3, -0.25) is 14.0 Å². The molecular formula is C18H16N6OS. The Balaban J connectivity index is 1.70. The molecule has 8 heteroatoms. The maximum absolute atomic E-state index is 12.8. The zero-order valence-electron chi connectivity index (χ0n) is 14.2. The van der Waals surface area contributed by atoms with Gasteiger partial charge >= 0.3 is 0 Å². The third-order valence-electron chi connectivity index (χ3n) is 4.14. The van der Waals surface area contributed by atoms with Crippen LogP contribution < -0.4 is 5.32 Å². The number of hydrogen-bond acceptors (Lipinski definition) is 4. The number of fused-ring (bicyclic) bond motifs is 1. The topological polar surface area (TPSA) is 80.5 Å². The molecule has 4 rings (SSSR count). The molecule has 0 bridgehead atoms. The molecule has 26 heavy (non-hydrogen) atoms. The van der Waals surface area contributed by atoms with Crippen molar-refractivity contribution in [2.75, 3.05) is 5.32 Å². The van der Waals surface area contributed by atoms with Crippen LogP contribution in [0.5, 0.6) is 0 Å². The van der Waals surface area contributed by atoms with Crippen molar-refractivity contribution >= 4 is 34.8 Å². The van der Waals surface area contributed by atoms with Gasteiger partial charge in [-0.15, -0.1) is 0 Å². The third-order valence-corrected chi connectivity index (χ3v) is 4.44. The van der Waals surface area contributed by atoms with Crippen LogP contribution in [0, 0.1) is 11.7 Å². The van der Waals surface area contributed by atoms with Gasteiger partial charge in [-0.05, 0) is 37.3 Å². The van der Waals surface area contributed by atoms with E-state index in [0.29, 0.717) is 16.2 Å². The van der Waals surface area contributed by atoms with E-state index >= 15 is 0 Å². The summed E-state index contributed by atoms with van der Waals surface area (Å²) in [6.45, 7) is 1.91. The van der Waals surface area contributed by atoms with E-state index < -0.39 is 0 Å². The van der Waals surface area contributed by atoms with E-state index in [0.717, 1.165) is 22.4 Å². The van der Waals surface area contributed by atoms with Crippen molar-refractivity contribution in [2.45, 2.75) is 6.92 Å². The van der Waals surface area contributed by atoms with Crippen LogP contribution in [0.1, 0.15) is 16.2 Å². The molecule has 3 heterocycles. The molecule has 0 unspecified atom stereocenters. The minimum Gasteiger partial charge on any atom is -0.336 e. The number of nitrogens with one attached hydrogen (secondary N) is 2. The van der Waals surface area contributed by atoms with Crippen molar-refractivity contribution in [3.63, 3.8) is 0 Å². The number of pyridine rings is 1. The standard InChI is InChI=1S/C18H16N6OS/c1-11-14-8-12(9-19-16(14)23(2)22-11)21-17(25)15-10-20-18(26)24(15)13-6-4-3-5-7-13/h3-10H,1-2H3,(H,20,26)(H,21,25). The van der Waals surface area contributed by atoms with E-state index in [1.165, 1.54) is 0 Å². The van der Waals surface area contributed by atoms with Crippen LogP contribution in [0.3, 0.4) is 0 Å². The Kier molecular flexibility index (Phi) is 3.89. The highest BCUT2D eigenvalue weighted by molar-refractivity contribution is 7.71. The molecule has 0 aliphatic heterocycles. The number of nitrogens with zero attached hydrogens (tertiary/aromatic N) is 4. The van der Waals surface area contributed by atoms with Gasteiger partial charge in [0.05, 0.1) is 17.6 Å². The van der Waals surface area contributed by atoms with Crippen LogP contribution in [-0.2, 0) is 7.05 Å². The lowest BCUT2D eigenvalue weighted by Crippen LogP contribution is -2.16. The predicted octanol–water partition coefficient (Wildman–Crippen LogP) is 3.38. The summed E-state index contributed by atoms with van der Waals surface area (Å²) in [5.74, 6) is -0.274. The number of imidazole rings is 1. The summed E-state index contributed by atoms with van der Waals surface area (Å²) in [6, 6.07) is 11.4. The van der Waals surface area contributed by atoms with Crippen molar-refractivity contribution in [1.29, 1.82) is 0 Å². The Morgan fingerprint density at radius 3 is 2.81 bits per heavy atom. The van der Waals surface area contributed by atoms with Gasteiger partial charge in [-0.25, -0.2) is 4.98 Å². The highest BCUT2D eigenvalue weighted by Gasteiger charge is 2.15. The molecule has 0 spiro atoms. The van der Waals surface area contributed by atoms with Crippen LogP contribution in [0.2, 0.25) is 0 Å². The molecule has 0 aliphatic carbocycles. The lowest BCUT2D eigenvalue weighted by Gasteiger charge is -2.09. The monoisotopic (exact) mass is 364 g/mol. The summed E-state index contributed by atoms with van der Waals surface area (Å²) in [4.78, 5) is 20.1. The van der Waals surface area contributed by atoms with E-state index in [9.17, 15) is 4.79 Å². The summed E-state index contributed by atoms with van der Waals surface area (Å²) >= 11 is 5.33. The molecule has 0 aliphatic rings. The number of carbonyl (C=O) groups is 1. The zero-order chi connectivity index (χ0) is 18.3. The van der Waals surface area contributed by atoms with Gasteiger partial charge in [0.25, 0.3) is 5.91 Å². The van der Waals surface area contributed by atoms with Gasteiger partial charge in [0.2, 0.25) is 0 Å². The molecule has 0 radical (unpaired) electrons. The largest absolute Gasteiger partial charge is 0.336 e. The smallest absolute Gasteiger partial charge is 0.274 e. The molecule has 0 atom stereocenters. The van der Waals surface area contributed by atoms with Crippen molar-refractivity contribution in [1.82, 2.24) is 24.3 Å². The minimum atomic E-state index is -0.274. The SMILES string of the molecule is Cc1nn(C)c2ncc(NC(=O)c3c[nH]c(=S)n3-c3ccccc3)cc12. The van der Waals surface area contributed by atoms with Gasteiger partial charge < -0.3 is 10.3 Å². The lowest BCUT2D eigenvalue weighted by molar-refractivity contribution is 0.102. The summed E-state index contributed by atoms with van der Waals surface area (Å²) in [5, 5.41) is 8.13. The van der Waals surface area contributed by atoms with E-state index in [2.05, 4.69) is 20.4 Å². The van der Waals surface area contributed by atoms with Crippen LogP contribution >= 0.6 is 12.2 Å². The Hall–Kier alpha value is -3.26. The first-order chi connectivity index (χ1) is 12.5. The molecule has 0 saturated carbocycles. The predicted molar refractivity (Wildman–Crippen MR) is 102 cm³/mol. The highest BCUT2D eigenvalue weighted by atomic mass is 32.1. The molecule has 7 nitrogen and oxygen atoms in total. The average molecular weight is 364 g/mol. The van der Waals surface area contributed by atoms with Crippen LogP contribution in [0.15, 0.2) is 48.8 Å². The van der Waals surface area contributed by atoms with Gasteiger partial charge in [-0.2, -0.15) is 5.10 Å². The zero-order valence-corrected chi connectivity index (χ0v) is 15.0. The van der Waals surface area contributed by atoms with E-state index in [1.54, 1.807) is 21.6 Å². The van der Waals surface area contributed by atoms with Crippen molar-refractivity contribution < 1.29 is 4.79 Å². The second kappa shape index (κ2) is 6.23. The number of aromatic nitrogens is 5. The molecule has 130 valence electrons. The molecule has 0 fully saturated rings. The first kappa shape index (κ1) is 16.2. The van der Waals surface area contributed by atoms with Crippen molar-refractivity contribution in [3.8, 4) is 5.69 Å². The van der Waals surface area contributed by atoms with E-state index in [-0.39, 0.29) is 5.91 Å². The number of aryl methyl sites for hydroxylation is 2. The molecule has 1 amide bonds. The highest BCUT2D eigenvalue weighted by Crippen LogP contribution is 2.20. The number of aromatic amines is 1. The number of anilines is 1. The summed E-state index contributed by atoms with van der Waals surface area (Å²) in [6.07, 6.45) is 3.22. The molecule has 1 aromatic carbocycles.